The molecule has 0 unspecified atom stereocenters. The quantitative estimate of drug-likeness (QED) is 0.395. The summed E-state index contributed by atoms with van der Waals surface area (Å²) >= 11 is 0. The van der Waals surface area contributed by atoms with Crippen LogP contribution in [0.2, 0.25) is 0 Å². The Morgan fingerprint density at radius 1 is 1.28 bits per heavy atom. The Kier molecular flexibility index (Phi) is 7.23. The normalized spacial score (nSPS) is 16.2. The summed E-state index contributed by atoms with van der Waals surface area (Å²) in [4.78, 5) is 11.9. The van der Waals surface area contributed by atoms with Gasteiger partial charge in [-0.25, -0.2) is 22.9 Å². The molecular weight excluding hydrogens is 436 g/mol. The van der Waals surface area contributed by atoms with Gasteiger partial charge in [-0.2, -0.15) is 0 Å². The fraction of sp³-hybridized carbons (Fsp3) is 0.524. The molecule has 10 nitrogen and oxygen atoms in total. The van der Waals surface area contributed by atoms with E-state index >= 15 is 0 Å². The van der Waals surface area contributed by atoms with Crippen LogP contribution in [-0.4, -0.2) is 69.8 Å². The Bertz CT molecular complexity index is 1060. The van der Waals surface area contributed by atoms with E-state index in [1.807, 2.05) is 19.1 Å². The third kappa shape index (κ3) is 4.65. The van der Waals surface area contributed by atoms with Crippen molar-refractivity contribution in [1.29, 1.82) is 0 Å². The van der Waals surface area contributed by atoms with Crippen LogP contribution in [0.1, 0.15) is 43.7 Å². The number of hydroxylamine groups is 1. The fourth-order valence-electron chi connectivity index (χ4n) is 3.86. The fourth-order valence-corrected chi connectivity index (χ4v) is 5.48. The minimum Gasteiger partial charge on any atom is -0.474 e. The molecule has 0 aliphatic carbocycles. The van der Waals surface area contributed by atoms with Crippen LogP contribution in [0.15, 0.2) is 30.5 Å². The largest absolute Gasteiger partial charge is 0.474 e. The second-order valence-electron chi connectivity index (χ2n) is 8.35. The number of piperidine rings is 1. The van der Waals surface area contributed by atoms with E-state index in [9.17, 15) is 13.2 Å². The molecule has 0 saturated carbocycles. The third-order valence-corrected chi connectivity index (χ3v) is 8.45. The SMILES string of the molecule is Cc1cc(C2CCN(S(=O)(=O)C(C)(C)C(=O)NO)CC2)ccc1-n1ccc(OCCO)n1. The van der Waals surface area contributed by atoms with Crippen molar-refractivity contribution in [2.24, 2.45) is 0 Å². The monoisotopic (exact) mass is 466 g/mol. The summed E-state index contributed by atoms with van der Waals surface area (Å²) in [5.41, 5.74) is 4.51. The summed E-state index contributed by atoms with van der Waals surface area (Å²) in [5.74, 6) is -0.312. The number of hydrogen-bond acceptors (Lipinski definition) is 7. The van der Waals surface area contributed by atoms with Gasteiger partial charge < -0.3 is 9.84 Å². The molecule has 1 saturated heterocycles. The lowest BCUT2D eigenvalue weighted by atomic mass is 9.89. The molecule has 3 rings (SSSR count). The second-order valence-corrected chi connectivity index (χ2v) is 10.8. The van der Waals surface area contributed by atoms with E-state index in [0.717, 1.165) is 16.8 Å². The van der Waals surface area contributed by atoms with Gasteiger partial charge >= 0.3 is 0 Å². The van der Waals surface area contributed by atoms with Crippen LogP contribution in [0.3, 0.4) is 0 Å². The number of hydrogen-bond donors (Lipinski definition) is 3. The lowest BCUT2D eigenvalue weighted by molar-refractivity contribution is -0.131. The highest BCUT2D eigenvalue weighted by Gasteiger charge is 2.46. The van der Waals surface area contributed by atoms with Crippen LogP contribution in [0, 0.1) is 6.92 Å². The van der Waals surface area contributed by atoms with Crippen LogP contribution >= 0.6 is 0 Å². The standard InChI is InChI=1S/C21H30N4O6S/c1-15-14-17(4-5-18(15)25-11-8-19(22-25)31-13-12-26)16-6-9-24(10-7-16)32(29,30)21(2,3)20(27)23-28/h4-5,8,11,14,16,26,28H,6-7,9-10,12-13H2,1-3H3,(H,23,27). The molecule has 1 aliphatic heterocycles. The molecule has 1 aliphatic rings. The minimum atomic E-state index is -3.91. The zero-order valence-corrected chi connectivity index (χ0v) is 19.3. The lowest BCUT2D eigenvalue weighted by Gasteiger charge is -2.36. The number of amides is 1. The number of carbonyl (C=O) groups excluding carboxylic acids is 1. The van der Waals surface area contributed by atoms with Crippen molar-refractivity contribution in [2.45, 2.75) is 44.3 Å². The van der Waals surface area contributed by atoms with Gasteiger partial charge in [0.05, 0.1) is 12.3 Å². The number of nitrogens with zero attached hydrogens (tertiary/aromatic N) is 3. The molecule has 2 aromatic rings. The highest BCUT2D eigenvalue weighted by atomic mass is 32.2. The van der Waals surface area contributed by atoms with Gasteiger partial charge in [-0.1, -0.05) is 12.1 Å². The highest BCUT2D eigenvalue weighted by Crippen LogP contribution is 2.33. The molecule has 1 amide bonds. The Hall–Kier alpha value is -2.47. The molecule has 1 aromatic heterocycles. The number of aromatic nitrogens is 2. The van der Waals surface area contributed by atoms with Crippen molar-refractivity contribution in [3.8, 4) is 11.6 Å². The van der Waals surface area contributed by atoms with Gasteiger partial charge in [-0.15, -0.1) is 5.10 Å². The molecule has 32 heavy (non-hydrogen) atoms. The zero-order valence-electron chi connectivity index (χ0n) is 18.5. The number of rotatable bonds is 8. The Morgan fingerprint density at radius 2 is 1.97 bits per heavy atom. The van der Waals surface area contributed by atoms with Gasteiger partial charge in [0.1, 0.15) is 6.61 Å². The third-order valence-electron chi connectivity index (χ3n) is 5.93. The molecule has 1 aromatic carbocycles. The summed E-state index contributed by atoms with van der Waals surface area (Å²) in [6, 6.07) is 7.82. The van der Waals surface area contributed by atoms with Gasteiger partial charge in [0, 0.05) is 25.4 Å². The van der Waals surface area contributed by atoms with Gasteiger partial charge in [-0.05, 0) is 56.7 Å². The zero-order chi connectivity index (χ0) is 23.5. The number of aliphatic hydroxyl groups is 1. The average molecular weight is 467 g/mol. The first-order valence-corrected chi connectivity index (χ1v) is 11.9. The maximum absolute atomic E-state index is 12.9. The number of sulfonamides is 1. The molecule has 176 valence electrons. The van der Waals surface area contributed by atoms with Crippen LogP contribution in [0.25, 0.3) is 5.69 Å². The first-order valence-electron chi connectivity index (χ1n) is 10.5. The van der Waals surface area contributed by atoms with E-state index in [4.69, 9.17) is 15.1 Å². The minimum absolute atomic E-state index is 0.0766. The lowest BCUT2D eigenvalue weighted by Crippen LogP contribution is -2.54. The van der Waals surface area contributed by atoms with E-state index in [2.05, 4.69) is 11.2 Å². The molecule has 0 spiro atoms. The molecule has 0 radical (unpaired) electrons. The first-order chi connectivity index (χ1) is 15.1. The summed E-state index contributed by atoms with van der Waals surface area (Å²) < 4.78 is 32.4. The molecule has 0 bridgehead atoms. The number of aliphatic hydroxyl groups excluding tert-OH is 1. The van der Waals surface area contributed by atoms with E-state index in [-0.39, 0.29) is 19.1 Å². The maximum Gasteiger partial charge on any atom is 0.265 e. The van der Waals surface area contributed by atoms with Gasteiger partial charge in [-0.3, -0.25) is 10.0 Å². The Morgan fingerprint density at radius 3 is 2.56 bits per heavy atom. The van der Waals surface area contributed by atoms with Crippen LogP contribution in [0.5, 0.6) is 5.88 Å². The van der Waals surface area contributed by atoms with Gasteiger partial charge in [0.25, 0.3) is 5.91 Å². The summed E-state index contributed by atoms with van der Waals surface area (Å²) in [6.07, 6.45) is 3.06. The Labute approximate surface area is 187 Å². The highest BCUT2D eigenvalue weighted by molar-refractivity contribution is 7.91. The van der Waals surface area contributed by atoms with Crippen molar-refractivity contribution in [1.82, 2.24) is 19.6 Å². The predicted octanol–water partition coefficient (Wildman–Crippen LogP) is 1.35. The first kappa shape index (κ1) is 24.2. The van der Waals surface area contributed by atoms with Crippen LogP contribution in [-0.2, 0) is 14.8 Å². The van der Waals surface area contributed by atoms with Crippen LogP contribution < -0.4 is 10.2 Å². The van der Waals surface area contributed by atoms with E-state index in [1.165, 1.54) is 23.6 Å². The number of carbonyl (C=O) groups is 1. The second kappa shape index (κ2) is 9.57. The molecule has 3 N–H and O–H groups in total. The number of aryl methyl sites for hydroxylation is 1. The van der Waals surface area contributed by atoms with E-state index in [0.29, 0.717) is 31.8 Å². The molecular formula is C21H30N4O6S. The topological polar surface area (TPSA) is 134 Å². The summed E-state index contributed by atoms with van der Waals surface area (Å²) in [6.45, 7) is 5.29. The summed E-state index contributed by atoms with van der Waals surface area (Å²) in [5, 5.41) is 22.1. The molecule has 2 heterocycles. The molecule has 0 atom stereocenters. The predicted molar refractivity (Wildman–Crippen MR) is 117 cm³/mol. The molecule has 11 heteroatoms. The summed E-state index contributed by atoms with van der Waals surface area (Å²) in [7, 11) is -3.91. The van der Waals surface area contributed by atoms with Crippen molar-refractivity contribution >= 4 is 15.9 Å². The van der Waals surface area contributed by atoms with Crippen LogP contribution in [0.4, 0.5) is 0 Å². The van der Waals surface area contributed by atoms with E-state index < -0.39 is 20.7 Å². The number of nitrogens with one attached hydrogen (secondary N) is 1. The van der Waals surface area contributed by atoms with E-state index in [1.54, 1.807) is 16.9 Å². The van der Waals surface area contributed by atoms with Crippen molar-refractivity contribution in [3.05, 3.63) is 41.6 Å². The van der Waals surface area contributed by atoms with Gasteiger partial charge in [0.15, 0.2) is 4.75 Å². The number of benzene rings is 1. The smallest absolute Gasteiger partial charge is 0.265 e. The molecule has 1 fully saturated rings. The number of ether oxygens (including phenoxy) is 1. The average Bonchev–Trinajstić information content (AvgIpc) is 3.25. The van der Waals surface area contributed by atoms with Gasteiger partial charge in [0.2, 0.25) is 15.9 Å². The van der Waals surface area contributed by atoms with Crippen molar-refractivity contribution in [3.63, 3.8) is 0 Å². The van der Waals surface area contributed by atoms with Crippen molar-refractivity contribution < 1.29 is 28.3 Å². The maximum atomic E-state index is 12.9. The van der Waals surface area contributed by atoms with Crippen molar-refractivity contribution in [2.75, 3.05) is 26.3 Å². The Balaban J connectivity index is 1.69.